The van der Waals surface area contributed by atoms with E-state index in [0.29, 0.717) is 51.8 Å². The molecule has 3 aromatic heterocycles. The number of amides is 1. The van der Waals surface area contributed by atoms with E-state index in [9.17, 15) is 15.0 Å². The Morgan fingerprint density at radius 3 is 2.33 bits per heavy atom. The Bertz CT molecular complexity index is 2450. The van der Waals surface area contributed by atoms with Crippen molar-refractivity contribution in [3.8, 4) is 22.6 Å². The van der Waals surface area contributed by atoms with Crippen LogP contribution in [0.15, 0.2) is 48.8 Å². The molecule has 2 N–H and O–H groups in total. The molecule has 280 valence electrons. The molecule has 1 aliphatic heterocycles. The summed E-state index contributed by atoms with van der Waals surface area (Å²) in [6.07, 6.45) is 2.63. The van der Waals surface area contributed by atoms with Crippen molar-refractivity contribution >= 4 is 62.6 Å². The van der Waals surface area contributed by atoms with Gasteiger partial charge in [0.2, 0.25) is 0 Å². The van der Waals surface area contributed by atoms with Gasteiger partial charge in [0.15, 0.2) is 0 Å². The highest BCUT2D eigenvalue weighted by atomic mass is 35.5. The monoisotopic (exact) mass is 769 g/mol. The topological polar surface area (TPSA) is 132 Å². The second-order valence-electron chi connectivity index (χ2n) is 13.9. The van der Waals surface area contributed by atoms with Crippen molar-refractivity contribution in [2.24, 2.45) is 0 Å². The van der Waals surface area contributed by atoms with Crippen LogP contribution in [0.1, 0.15) is 68.4 Å². The number of aromatic carboxylic acids is 1. The largest absolute Gasteiger partial charge is 0.508 e. The molecule has 1 atom stereocenters. The maximum atomic E-state index is 15.2. The van der Waals surface area contributed by atoms with Gasteiger partial charge in [-0.3, -0.25) is 4.79 Å². The molecule has 1 aliphatic rings. The SMILES string of the molecule is COCCn1c(C(=O)O)cc2cc(O)cc(N3C[C@@H](C)n4c(c(CCCOc5cc(C)c(Cl)c(C)c5)c5ccc(Cl)c(-c6c(C)ncnc6C)c54)C3=O)c21. The lowest BCUT2D eigenvalue weighted by molar-refractivity contribution is 0.0683. The fraction of sp³-hybridized carbons (Fsp3) is 0.317. The van der Waals surface area contributed by atoms with E-state index in [0.717, 1.165) is 55.9 Å². The van der Waals surface area contributed by atoms with Crippen LogP contribution in [-0.4, -0.2) is 68.1 Å². The maximum absolute atomic E-state index is 15.2. The number of methoxy groups -OCH3 is 1. The van der Waals surface area contributed by atoms with Gasteiger partial charge in [0.1, 0.15) is 29.2 Å². The fourth-order valence-electron chi connectivity index (χ4n) is 7.93. The molecule has 7 rings (SSSR count). The lowest BCUT2D eigenvalue weighted by Crippen LogP contribution is -2.43. The molecule has 0 radical (unpaired) electrons. The molecule has 0 unspecified atom stereocenters. The molecule has 0 spiro atoms. The predicted octanol–water partition coefficient (Wildman–Crippen LogP) is 8.88. The number of fused-ring (bicyclic) bond motifs is 4. The van der Waals surface area contributed by atoms with Gasteiger partial charge in [-0.2, -0.15) is 0 Å². The van der Waals surface area contributed by atoms with Gasteiger partial charge in [-0.05, 0) is 94.5 Å². The quantitative estimate of drug-likeness (QED) is 0.125. The van der Waals surface area contributed by atoms with E-state index in [1.807, 2.05) is 58.9 Å². The van der Waals surface area contributed by atoms with Crippen molar-refractivity contribution in [2.75, 3.05) is 31.8 Å². The number of hydrogen-bond donors (Lipinski definition) is 2. The lowest BCUT2D eigenvalue weighted by atomic mass is 9.97. The van der Waals surface area contributed by atoms with Crippen molar-refractivity contribution in [2.45, 2.75) is 60.0 Å². The summed E-state index contributed by atoms with van der Waals surface area (Å²) in [7, 11) is 1.54. The number of phenols is 1. The zero-order valence-corrected chi connectivity index (χ0v) is 32.5. The number of aromatic hydroxyl groups is 1. The van der Waals surface area contributed by atoms with Crippen molar-refractivity contribution in [3.05, 3.63) is 98.3 Å². The first-order chi connectivity index (χ1) is 25.8. The molecule has 4 heterocycles. The number of hydrogen-bond acceptors (Lipinski definition) is 7. The van der Waals surface area contributed by atoms with Crippen molar-refractivity contribution in [3.63, 3.8) is 0 Å². The first-order valence-corrected chi connectivity index (χ1v) is 18.5. The van der Waals surface area contributed by atoms with Crippen LogP contribution >= 0.6 is 23.2 Å². The van der Waals surface area contributed by atoms with Gasteiger partial charge in [0, 0.05) is 70.6 Å². The Labute approximate surface area is 322 Å². The highest BCUT2D eigenvalue weighted by molar-refractivity contribution is 6.35. The van der Waals surface area contributed by atoms with Gasteiger partial charge in [-0.1, -0.05) is 29.3 Å². The van der Waals surface area contributed by atoms with E-state index in [2.05, 4.69) is 14.5 Å². The molecule has 0 saturated carbocycles. The standard InChI is InChI=1S/C41H41Cl2N5O6/c1-21-14-28(15-22(2)36(21)43)54-12-7-8-29-30-9-10-31(42)35(34-24(4)44-20-45-25(34)5)38(30)48-23(3)19-47(40(50)39(29)48)32-18-27(49)16-26-17-33(41(51)52)46(37(26)32)11-13-53-6/h9-10,14-18,20,23,49H,7-8,11-13,19H2,1-6H3,(H,51,52)/t23-/m1/s1. The summed E-state index contributed by atoms with van der Waals surface area (Å²) in [5, 5.41) is 23.7. The molecule has 3 aromatic carbocycles. The summed E-state index contributed by atoms with van der Waals surface area (Å²) in [5.41, 5.74) is 8.06. The molecular formula is C41H41Cl2N5O6. The minimum absolute atomic E-state index is 0.0300. The summed E-state index contributed by atoms with van der Waals surface area (Å²) in [5.74, 6) is -0.769. The second kappa shape index (κ2) is 14.6. The number of carboxylic acid groups (broad SMARTS) is 1. The van der Waals surface area contributed by atoms with E-state index in [4.69, 9.17) is 32.7 Å². The Hall–Kier alpha value is -5.10. The Kier molecular flexibility index (Phi) is 10.1. The number of anilines is 1. The molecular weight excluding hydrogens is 729 g/mol. The van der Waals surface area contributed by atoms with Gasteiger partial charge in [-0.15, -0.1) is 0 Å². The third kappa shape index (κ3) is 6.33. The van der Waals surface area contributed by atoms with Crippen LogP contribution < -0.4 is 9.64 Å². The minimum atomic E-state index is -1.13. The smallest absolute Gasteiger partial charge is 0.352 e. The van der Waals surface area contributed by atoms with Crippen molar-refractivity contribution in [1.29, 1.82) is 0 Å². The molecule has 11 nitrogen and oxygen atoms in total. The molecule has 0 aliphatic carbocycles. The van der Waals surface area contributed by atoms with E-state index in [1.165, 1.54) is 24.5 Å². The van der Waals surface area contributed by atoms with Gasteiger partial charge < -0.3 is 33.7 Å². The number of aromatic nitrogens is 4. The van der Waals surface area contributed by atoms with Crippen LogP contribution in [-0.2, 0) is 17.7 Å². The third-order valence-electron chi connectivity index (χ3n) is 10.3. The van der Waals surface area contributed by atoms with Crippen LogP contribution in [0, 0.1) is 27.7 Å². The summed E-state index contributed by atoms with van der Waals surface area (Å²) < 4.78 is 15.2. The minimum Gasteiger partial charge on any atom is -0.508 e. The number of nitrogens with zero attached hydrogens (tertiary/aromatic N) is 5. The van der Waals surface area contributed by atoms with Gasteiger partial charge in [0.05, 0.1) is 35.0 Å². The molecule has 0 fully saturated rings. The molecule has 54 heavy (non-hydrogen) atoms. The molecule has 6 aromatic rings. The zero-order chi connectivity index (χ0) is 38.6. The first kappa shape index (κ1) is 37.2. The third-order valence-corrected chi connectivity index (χ3v) is 11.2. The highest BCUT2D eigenvalue weighted by Crippen LogP contribution is 2.46. The number of carbonyl (C=O) groups is 2. The van der Waals surface area contributed by atoms with Gasteiger partial charge >= 0.3 is 5.97 Å². The lowest BCUT2D eigenvalue weighted by Gasteiger charge is -2.35. The van der Waals surface area contributed by atoms with Gasteiger partial charge in [-0.25, -0.2) is 14.8 Å². The molecule has 0 saturated heterocycles. The van der Waals surface area contributed by atoms with Crippen LogP contribution in [0.4, 0.5) is 5.69 Å². The number of benzene rings is 3. The van der Waals surface area contributed by atoms with Crippen LogP contribution in [0.5, 0.6) is 11.5 Å². The normalized spacial score (nSPS) is 14.3. The van der Waals surface area contributed by atoms with E-state index in [-0.39, 0.29) is 43.1 Å². The summed E-state index contributed by atoms with van der Waals surface area (Å²) in [6, 6.07) is 12.0. The number of halogens is 2. The average molecular weight is 771 g/mol. The number of ether oxygens (including phenoxy) is 2. The first-order valence-electron chi connectivity index (χ1n) is 17.8. The average Bonchev–Trinajstić information content (AvgIpc) is 3.66. The zero-order valence-electron chi connectivity index (χ0n) is 31.0. The molecule has 0 bridgehead atoms. The highest BCUT2D eigenvalue weighted by Gasteiger charge is 2.38. The van der Waals surface area contributed by atoms with Crippen molar-refractivity contribution in [1.82, 2.24) is 19.1 Å². The Balaban J connectivity index is 1.40. The number of rotatable bonds is 11. The molecule has 13 heteroatoms. The maximum Gasteiger partial charge on any atom is 0.352 e. The number of carbonyl (C=O) groups excluding carboxylic acids is 1. The number of phenolic OH excluding ortho intramolecular Hbond substituents is 1. The van der Waals surface area contributed by atoms with E-state index in [1.54, 1.807) is 16.6 Å². The molecule has 1 amide bonds. The van der Waals surface area contributed by atoms with E-state index < -0.39 is 5.97 Å². The predicted molar refractivity (Wildman–Crippen MR) is 211 cm³/mol. The van der Waals surface area contributed by atoms with Crippen LogP contribution in [0.3, 0.4) is 0 Å². The summed E-state index contributed by atoms with van der Waals surface area (Å²) in [4.78, 5) is 38.2. The summed E-state index contributed by atoms with van der Waals surface area (Å²) in [6.45, 7) is 10.9. The Morgan fingerprint density at radius 1 is 0.963 bits per heavy atom. The van der Waals surface area contributed by atoms with Gasteiger partial charge in [0.25, 0.3) is 5.91 Å². The van der Waals surface area contributed by atoms with Crippen LogP contribution in [0.25, 0.3) is 32.9 Å². The van der Waals surface area contributed by atoms with Crippen LogP contribution in [0.2, 0.25) is 10.0 Å². The number of aryl methyl sites for hydroxylation is 5. The van der Waals surface area contributed by atoms with E-state index >= 15 is 4.79 Å². The Morgan fingerprint density at radius 2 is 1.67 bits per heavy atom. The second-order valence-corrected chi connectivity index (χ2v) is 14.7. The summed E-state index contributed by atoms with van der Waals surface area (Å²) >= 11 is 13.5. The number of carboxylic acids is 1. The van der Waals surface area contributed by atoms with Crippen molar-refractivity contribution < 1.29 is 29.3 Å². The fourth-order valence-corrected chi connectivity index (χ4v) is 8.29.